The molecule has 0 bridgehead atoms. The zero-order chi connectivity index (χ0) is 19.8. The predicted octanol–water partition coefficient (Wildman–Crippen LogP) is 2.75. The molecule has 0 radical (unpaired) electrons. The second-order valence-corrected chi connectivity index (χ2v) is 7.36. The van der Waals surface area contributed by atoms with Crippen LogP contribution in [0.2, 0.25) is 0 Å². The van der Waals surface area contributed by atoms with E-state index in [4.69, 9.17) is 0 Å². The third-order valence-electron chi connectivity index (χ3n) is 5.43. The lowest BCUT2D eigenvalue weighted by molar-refractivity contribution is -0.110. The lowest BCUT2D eigenvalue weighted by Crippen LogP contribution is -2.42. The van der Waals surface area contributed by atoms with Gasteiger partial charge in [0, 0.05) is 28.7 Å². The van der Waals surface area contributed by atoms with Crippen LogP contribution in [0.1, 0.15) is 45.7 Å². The first-order valence-corrected chi connectivity index (χ1v) is 9.47. The molecule has 4 rings (SSSR count). The van der Waals surface area contributed by atoms with Crippen LogP contribution in [0.5, 0.6) is 0 Å². The van der Waals surface area contributed by atoms with Crippen LogP contribution in [0.4, 0.5) is 10.1 Å². The molecule has 1 aromatic carbocycles. The molecule has 1 saturated heterocycles. The molecule has 2 aliphatic heterocycles. The van der Waals surface area contributed by atoms with E-state index in [9.17, 15) is 14.0 Å². The highest BCUT2D eigenvalue weighted by atomic mass is 19.1. The molecular formula is C21H23FN4O2. The Hall–Kier alpha value is -2.93. The third-order valence-corrected chi connectivity index (χ3v) is 5.43. The van der Waals surface area contributed by atoms with Crippen molar-refractivity contribution >= 4 is 29.2 Å². The van der Waals surface area contributed by atoms with Gasteiger partial charge in [0.25, 0.3) is 11.8 Å². The molecule has 146 valence electrons. The van der Waals surface area contributed by atoms with Crippen LogP contribution in [-0.2, 0) is 4.79 Å². The summed E-state index contributed by atoms with van der Waals surface area (Å²) in [7, 11) is 0. The van der Waals surface area contributed by atoms with Gasteiger partial charge in [-0.1, -0.05) is 0 Å². The zero-order valence-electron chi connectivity index (χ0n) is 15.9. The Kier molecular flexibility index (Phi) is 4.77. The number of fused-ring (bicyclic) bond motifs is 1. The number of carbonyl (C=O) groups excluding carboxylic acids is 2. The molecule has 7 heteroatoms. The molecule has 6 nitrogen and oxygen atoms in total. The summed E-state index contributed by atoms with van der Waals surface area (Å²) in [4.78, 5) is 28.4. The largest absolute Gasteiger partial charge is 0.358 e. The van der Waals surface area contributed by atoms with Gasteiger partial charge >= 0.3 is 0 Å². The van der Waals surface area contributed by atoms with E-state index in [1.54, 1.807) is 12.1 Å². The quantitative estimate of drug-likeness (QED) is 0.616. The number of hydrogen-bond donors (Lipinski definition) is 4. The fraction of sp³-hybridized carbons (Fsp3) is 0.333. The molecule has 28 heavy (non-hydrogen) atoms. The van der Waals surface area contributed by atoms with Gasteiger partial charge in [-0.25, -0.2) is 4.39 Å². The number of aromatic nitrogens is 1. The van der Waals surface area contributed by atoms with Crippen molar-refractivity contribution in [3.8, 4) is 0 Å². The molecule has 4 N–H and O–H groups in total. The molecule has 0 aliphatic carbocycles. The molecule has 0 saturated carbocycles. The van der Waals surface area contributed by atoms with Gasteiger partial charge in [-0.05, 0) is 69.6 Å². The van der Waals surface area contributed by atoms with Crippen LogP contribution < -0.4 is 16.0 Å². The van der Waals surface area contributed by atoms with Crippen molar-refractivity contribution in [2.24, 2.45) is 0 Å². The number of hydrogen-bond acceptors (Lipinski definition) is 3. The maximum atomic E-state index is 13.6. The fourth-order valence-electron chi connectivity index (χ4n) is 3.93. The Bertz CT molecular complexity index is 987. The van der Waals surface area contributed by atoms with E-state index in [2.05, 4.69) is 20.9 Å². The van der Waals surface area contributed by atoms with Crippen LogP contribution in [0.3, 0.4) is 0 Å². The number of carbonyl (C=O) groups is 2. The predicted molar refractivity (Wildman–Crippen MR) is 107 cm³/mol. The van der Waals surface area contributed by atoms with E-state index in [1.807, 2.05) is 13.8 Å². The topological polar surface area (TPSA) is 86.0 Å². The number of aryl methyl sites for hydroxylation is 1. The maximum Gasteiger partial charge on any atom is 0.256 e. The lowest BCUT2D eigenvalue weighted by atomic mass is 10.0. The Morgan fingerprint density at radius 2 is 2.00 bits per heavy atom. The minimum atomic E-state index is -0.400. The number of H-pyrrole nitrogens is 1. The van der Waals surface area contributed by atoms with Crippen molar-refractivity contribution in [1.82, 2.24) is 15.6 Å². The zero-order valence-corrected chi connectivity index (χ0v) is 15.9. The standard InChI is InChI=1S/C21H23FN4O2/c1-11-18(10-16-15-9-13(22)3-4-17(15)26-20(16)27)24-12(2)19(11)21(28)25-14-5-7-23-8-6-14/h3-4,9-10,14,23-24H,5-8H2,1-2H3,(H,25,28)(H,26,27)/b16-10+. The number of piperidine rings is 1. The Labute approximate surface area is 162 Å². The van der Waals surface area contributed by atoms with Gasteiger partial charge in [0.1, 0.15) is 5.82 Å². The van der Waals surface area contributed by atoms with E-state index in [-0.39, 0.29) is 17.9 Å². The van der Waals surface area contributed by atoms with Crippen LogP contribution in [0.15, 0.2) is 18.2 Å². The number of benzene rings is 1. The highest BCUT2D eigenvalue weighted by molar-refractivity contribution is 6.34. The van der Waals surface area contributed by atoms with Gasteiger partial charge in [-0.15, -0.1) is 0 Å². The molecule has 2 aromatic rings. The van der Waals surface area contributed by atoms with E-state index >= 15 is 0 Å². The van der Waals surface area contributed by atoms with Crippen molar-refractivity contribution in [1.29, 1.82) is 0 Å². The SMILES string of the molecule is Cc1[nH]c(/C=C2/C(=O)Nc3ccc(F)cc32)c(C)c1C(=O)NC1CCNCC1. The molecule has 2 amide bonds. The number of nitrogens with one attached hydrogen (secondary N) is 4. The summed E-state index contributed by atoms with van der Waals surface area (Å²) in [5, 5.41) is 9.13. The van der Waals surface area contributed by atoms with Gasteiger partial charge in [-0.2, -0.15) is 0 Å². The van der Waals surface area contributed by atoms with Crippen molar-refractivity contribution < 1.29 is 14.0 Å². The third kappa shape index (κ3) is 3.33. The molecule has 0 spiro atoms. The molecule has 1 aromatic heterocycles. The van der Waals surface area contributed by atoms with E-state index in [0.29, 0.717) is 28.1 Å². The first-order chi connectivity index (χ1) is 13.4. The Morgan fingerprint density at radius 1 is 1.25 bits per heavy atom. The van der Waals surface area contributed by atoms with Crippen LogP contribution in [-0.4, -0.2) is 35.9 Å². The van der Waals surface area contributed by atoms with Gasteiger partial charge in [0.15, 0.2) is 0 Å². The first kappa shape index (κ1) is 18.4. The van der Waals surface area contributed by atoms with Crippen molar-refractivity contribution in [3.63, 3.8) is 0 Å². The molecular weight excluding hydrogens is 359 g/mol. The molecule has 2 aliphatic rings. The number of rotatable bonds is 3. The van der Waals surface area contributed by atoms with Crippen molar-refractivity contribution in [3.05, 3.63) is 52.1 Å². The smallest absolute Gasteiger partial charge is 0.256 e. The average molecular weight is 382 g/mol. The Balaban J connectivity index is 1.65. The minimum Gasteiger partial charge on any atom is -0.358 e. The van der Waals surface area contributed by atoms with Crippen LogP contribution in [0.25, 0.3) is 11.6 Å². The number of amides is 2. The second-order valence-electron chi connectivity index (χ2n) is 7.36. The number of halogens is 1. The van der Waals surface area contributed by atoms with Crippen LogP contribution >= 0.6 is 0 Å². The van der Waals surface area contributed by atoms with E-state index < -0.39 is 5.82 Å². The average Bonchev–Trinajstić information content (AvgIpc) is 3.12. The fourth-order valence-corrected chi connectivity index (χ4v) is 3.93. The highest BCUT2D eigenvalue weighted by Gasteiger charge is 2.26. The molecule has 3 heterocycles. The van der Waals surface area contributed by atoms with Crippen LogP contribution in [0, 0.1) is 19.7 Å². The van der Waals surface area contributed by atoms with Crippen molar-refractivity contribution in [2.75, 3.05) is 18.4 Å². The normalized spacial score (nSPS) is 18.2. The highest BCUT2D eigenvalue weighted by Crippen LogP contribution is 2.34. The first-order valence-electron chi connectivity index (χ1n) is 9.47. The summed E-state index contributed by atoms with van der Waals surface area (Å²) in [6.45, 7) is 5.50. The van der Waals surface area contributed by atoms with Gasteiger partial charge in [0.05, 0.1) is 11.1 Å². The molecule has 1 fully saturated rings. The number of anilines is 1. The minimum absolute atomic E-state index is 0.106. The lowest BCUT2D eigenvalue weighted by Gasteiger charge is -2.23. The molecule has 0 atom stereocenters. The van der Waals surface area contributed by atoms with E-state index in [1.165, 1.54) is 12.1 Å². The summed E-state index contributed by atoms with van der Waals surface area (Å²) in [6.07, 6.45) is 3.51. The summed E-state index contributed by atoms with van der Waals surface area (Å²) in [6, 6.07) is 4.37. The van der Waals surface area contributed by atoms with Gasteiger partial charge < -0.3 is 20.9 Å². The van der Waals surface area contributed by atoms with Gasteiger partial charge in [0.2, 0.25) is 0 Å². The van der Waals surface area contributed by atoms with Crippen molar-refractivity contribution in [2.45, 2.75) is 32.7 Å². The summed E-state index contributed by atoms with van der Waals surface area (Å²) < 4.78 is 13.6. The van der Waals surface area contributed by atoms with Gasteiger partial charge in [-0.3, -0.25) is 9.59 Å². The number of aromatic amines is 1. The van der Waals surface area contributed by atoms with E-state index in [0.717, 1.165) is 37.2 Å². The summed E-state index contributed by atoms with van der Waals surface area (Å²) >= 11 is 0. The monoisotopic (exact) mass is 382 g/mol. The summed E-state index contributed by atoms with van der Waals surface area (Å²) in [5.74, 6) is -0.791. The second kappa shape index (κ2) is 7.24. The maximum absolute atomic E-state index is 13.6. The molecule has 0 unspecified atom stereocenters. The summed E-state index contributed by atoms with van der Waals surface area (Å²) in [5.41, 5.74) is 4.28. The Morgan fingerprint density at radius 3 is 2.75 bits per heavy atom.